The van der Waals surface area contributed by atoms with Gasteiger partial charge in [0.1, 0.15) is 20.3 Å². The number of rotatable bonds is 1. The Bertz CT molecular complexity index is 287. The Balaban J connectivity index is 2.72. The second-order valence-corrected chi connectivity index (χ2v) is 10.2. The molecule has 1 heterocycles. The molecule has 0 aromatic heterocycles. The van der Waals surface area contributed by atoms with Gasteiger partial charge in [-0.25, -0.2) is 0 Å². The summed E-state index contributed by atoms with van der Waals surface area (Å²) in [7, 11) is 0.211. The molecular weight excluding hydrogens is 220 g/mol. The highest BCUT2D eigenvalue weighted by Gasteiger charge is 2.36. The van der Waals surface area contributed by atoms with Crippen LogP contribution in [0.2, 0.25) is 19.6 Å². The number of methoxy groups -OCH3 is 1. The van der Waals surface area contributed by atoms with E-state index in [-0.39, 0.29) is 12.0 Å². The highest BCUT2D eigenvalue weighted by molar-refractivity contribution is 6.83. The van der Waals surface area contributed by atoms with E-state index in [1.165, 1.54) is 0 Å². The average Bonchev–Trinajstić information content (AvgIpc) is 2.16. The van der Waals surface area contributed by atoms with Crippen LogP contribution in [0.5, 0.6) is 0 Å². The molecule has 1 N–H and O–H groups in total. The number of hydrogen-bond donors (Lipinski definition) is 1. The summed E-state index contributed by atoms with van der Waals surface area (Å²) < 4.78 is 10.8. The first-order valence-corrected chi connectivity index (χ1v) is 9.20. The van der Waals surface area contributed by atoms with E-state index in [1.54, 1.807) is 7.11 Å². The van der Waals surface area contributed by atoms with Crippen LogP contribution in [0.25, 0.3) is 0 Å². The minimum Gasteiger partial charge on any atom is -0.387 e. The molecule has 4 atom stereocenters. The summed E-state index contributed by atoms with van der Waals surface area (Å²) in [6, 6.07) is 0. The van der Waals surface area contributed by atoms with Crippen LogP contribution in [-0.2, 0) is 9.47 Å². The average molecular weight is 242 g/mol. The Hall–Kier alpha value is -0.343. The molecule has 0 bridgehead atoms. The van der Waals surface area contributed by atoms with E-state index in [0.29, 0.717) is 6.61 Å². The first kappa shape index (κ1) is 13.7. The molecule has 16 heavy (non-hydrogen) atoms. The number of aliphatic hydroxyl groups excluding tert-OH is 1. The van der Waals surface area contributed by atoms with Crippen molar-refractivity contribution in [3.63, 3.8) is 0 Å². The van der Waals surface area contributed by atoms with Crippen LogP contribution in [0.1, 0.15) is 6.92 Å². The van der Waals surface area contributed by atoms with Crippen molar-refractivity contribution in [1.82, 2.24) is 0 Å². The molecule has 0 unspecified atom stereocenters. The quantitative estimate of drug-likeness (QED) is 0.556. The monoisotopic (exact) mass is 242 g/mol. The summed E-state index contributed by atoms with van der Waals surface area (Å²) in [5, 5.41) is 10.1. The van der Waals surface area contributed by atoms with E-state index in [0.717, 1.165) is 0 Å². The lowest BCUT2D eigenvalue weighted by Gasteiger charge is -2.36. The van der Waals surface area contributed by atoms with Crippen LogP contribution in [-0.4, -0.2) is 45.2 Å². The summed E-state index contributed by atoms with van der Waals surface area (Å²) >= 11 is 0. The zero-order chi connectivity index (χ0) is 12.3. The minimum absolute atomic E-state index is 0.172. The number of ether oxygens (including phenoxy) is 2. The van der Waals surface area contributed by atoms with Gasteiger partial charge >= 0.3 is 0 Å². The molecule has 1 rings (SSSR count). The van der Waals surface area contributed by atoms with Gasteiger partial charge in [-0.05, 0) is 0 Å². The third-order valence-electron chi connectivity index (χ3n) is 2.61. The summed E-state index contributed by atoms with van der Waals surface area (Å²) in [6.07, 6.45) is -1.21. The molecule has 92 valence electrons. The van der Waals surface area contributed by atoms with Gasteiger partial charge in [0.2, 0.25) is 0 Å². The van der Waals surface area contributed by atoms with Crippen LogP contribution in [0.3, 0.4) is 0 Å². The summed E-state index contributed by atoms with van der Waals surface area (Å²) in [4.78, 5) is 0. The topological polar surface area (TPSA) is 38.7 Å². The maximum absolute atomic E-state index is 10.1. The highest BCUT2D eigenvalue weighted by Crippen LogP contribution is 2.22. The van der Waals surface area contributed by atoms with Crippen LogP contribution in [0.15, 0.2) is 0 Å². The van der Waals surface area contributed by atoms with E-state index in [1.807, 2.05) is 6.92 Å². The fourth-order valence-electron chi connectivity index (χ4n) is 1.74. The van der Waals surface area contributed by atoms with Gasteiger partial charge in [-0.15, -0.1) is 5.54 Å². The van der Waals surface area contributed by atoms with E-state index >= 15 is 0 Å². The molecule has 0 spiro atoms. The molecule has 3 nitrogen and oxygen atoms in total. The standard InChI is InChI=1S/C12H22O3Si/c1-9-8-15-10(6-7-16(3,4)5)11(13)12(9)14-2/h9-13H,8H2,1-5H3/t9-,10-,11-,12-/m0/s1. The van der Waals surface area contributed by atoms with Gasteiger partial charge < -0.3 is 14.6 Å². The largest absolute Gasteiger partial charge is 0.387 e. The molecule has 0 aromatic carbocycles. The van der Waals surface area contributed by atoms with Gasteiger partial charge in [0, 0.05) is 13.0 Å². The maximum Gasteiger partial charge on any atom is 0.145 e. The fraction of sp³-hybridized carbons (Fsp3) is 0.833. The smallest absolute Gasteiger partial charge is 0.145 e. The zero-order valence-electron chi connectivity index (χ0n) is 10.8. The van der Waals surface area contributed by atoms with Crippen molar-refractivity contribution in [1.29, 1.82) is 0 Å². The molecule has 1 aliphatic heterocycles. The summed E-state index contributed by atoms with van der Waals surface area (Å²) in [5.74, 6) is 3.27. The lowest BCUT2D eigenvalue weighted by molar-refractivity contribution is -0.152. The Labute approximate surface area is 99.1 Å². The molecule has 0 aromatic rings. The Morgan fingerprint density at radius 2 is 2.00 bits per heavy atom. The number of aliphatic hydroxyl groups is 1. The van der Waals surface area contributed by atoms with Crippen LogP contribution < -0.4 is 0 Å². The van der Waals surface area contributed by atoms with E-state index in [2.05, 4.69) is 31.1 Å². The van der Waals surface area contributed by atoms with Crippen molar-refractivity contribution >= 4 is 8.07 Å². The SMILES string of the molecule is CO[C@@H]1[C@@H](O)[C@H](C#C[Si](C)(C)C)OC[C@@H]1C. The lowest BCUT2D eigenvalue weighted by atomic mass is 9.94. The molecule has 0 saturated carbocycles. The number of hydrogen-bond acceptors (Lipinski definition) is 3. The maximum atomic E-state index is 10.1. The molecule has 1 fully saturated rings. The fourth-order valence-corrected chi connectivity index (χ4v) is 2.32. The Morgan fingerprint density at radius 1 is 1.38 bits per heavy atom. The van der Waals surface area contributed by atoms with E-state index in [9.17, 15) is 5.11 Å². The first-order chi connectivity index (χ1) is 7.35. The second-order valence-electron chi connectivity index (χ2n) is 5.44. The van der Waals surface area contributed by atoms with Gasteiger partial charge in [0.15, 0.2) is 0 Å². The second kappa shape index (κ2) is 5.33. The Morgan fingerprint density at radius 3 is 2.50 bits per heavy atom. The van der Waals surface area contributed by atoms with Crippen molar-refractivity contribution in [3.05, 3.63) is 0 Å². The highest BCUT2D eigenvalue weighted by atomic mass is 28.3. The third-order valence-corrected chi connectivity index (χ3v) is 3.50. The molecule has 0 aliphatic carbocycles. The van der Waals surface area contributed by atoms with Gasteiger partial charge in [-0.3, -0.25) is 0 Å². The first-order valence-electron chi connectivity index (χ1n) is 5.70. The molecule has 4 heteroatoms. The lowest BCUT2D eigenvalue weighted by Crippen LogP contribution is -2.49. The summed E-state index contributed by atoms with van der Waals surface area (Å²) in [5.41, 5.74) is 3.23. The molecule has 1 saturated heterocycles. The molecular formula is C12H22O3Si. The van der Waals surface area contributed by atoms with Gasteiger partial charge in [0.05, 0.1) is 12.7 Å². The Kier molecular flexibility index (Phi) is 4.57. The summed E-state index contributed by atoms with van der Waals surface area (Å²) in [6.45, 7) is 9.13. The normalized spacial score (nSPS) is 35.4. The van der Waals surface area contributed by atoms with Gasteiger partial charge in [0.25, 0.3) is 0 Å². The van der Waals surface area contributed by atoms with Crippen molar-refractivity contribution in [2.75, 3.05) is 13.7 Å². The predicted octanol–water partition coefficient (Wildman–Crippen LogP) is 1.28. The van der Waals surface area contributed by atoms with Crippen molar-refractivity contribution < 1.29 is 14.6 Å². The molecule has 0 radical (unpaired) electrons. The van der Waals surface area contributed by atoms with Crippen LogP contribution in [0.4, 0.5) is 0 Å². The van der Waals surface area contributed by atoms with Crippen molar-refractivity contribution in [2.24, 2.45) is 5.92 Å². The third kappa shape index (κ3) is 3.60. The van der Waals surface area contributed by atoms with E-state index < -0.39 is 20.3 Å². The zero-order valence-corrected chi connectivity index (χ0v) is 11.8. The molecule has 1 aliphatic rings. The van der Waals surface area contributed by atoms with Crippen molar-refractivity contribution in [2.45, 2.75) is 44.9 Å². The minimum atomic E-state index is -1.41. The van der Waals surface area contributed by atoms with E-state index in [4.69, 9.17) is 9.47 Å². The van der Waals surface area contributed by atoms with Crippen LogP contribution in [0, 0.1) is 17.4 Å². The molecule has 0 amide bonds. The van der Waals surface area contributed by atoms with Gasteiger partial charge in [-0.1, -0.05) is 32.5 Å². The predicted molar refractivity (Wildman–Crippen MR) is 66.8 cm³/mol. The van der Waals surface area contributed by atoms with Gasteiger partial charge in [-0.2, -0.15) is 0 Å². The van der Waals surface area contributed by atoms with Crippen molar-refractivity contribution in [3.8, 4) is 11.5 Å². The van der Waals surface area contributed by atoms with Crippen LogP contribution >= 0.6 is 0 Å².